The van der Waals surface area contributed by atoms with Gasteiger partial charge in [0.05, 0.1) is 62.7 Å². The van der Waals surface area contributed by atoms with Gasteiger partial charge in [-0.2, -0.15) is 4.31 Å². The van der Waals surface area contributed by atoms with Crippen molar-refractivity contribution in [3.63, 3.8) is 0 Å². The second-order valence-corrected chi connectivity index (χ2v) is 15.8. The fourth-order valence-corrected chi connectivity index (χ4v) is 8.91. The standard InChI is InChI=1S/C41H56N2O9S/c1-6-33(41(44)49-5)25-35-26-37(34-13-10-31(11-14-34)28-50-23-22-48-4)40(27-43(35)53(45,46)36-15-8-30(2)9-16-36)52-29-32-12-17-39-38(24-32)42(19-21-51-39)18-7-20-47-3/h8-17,24,33,35,37,40H,6-7,18-23,25-29H2,1-5H3/t33?,35-,37-,40+/m1/s1. The van der Waals surface area contributed by atoms with Crippen molar-refractivity contribution in [3.8, 4) is 5.75 Å². The van der Waals surface area contributed by atoms with Crippen LogP contribution in [0.2, 0.25) is 0 Å². The second-order valence-electron chi connectivity index (χ2n) is 13.9. The van der Waals surface area contributed by atoms with Gasteiger partial charge in [0.25, 0.3) is 0 Å². The number of fused-ring (bicyclic) bond motifs is 1. The van der Waals surface area contributed by atoms with Crippen LogP contribution in [0.15, 0.2) is 71.6 Å². The van der Waals surface area contributed by atoms with Crippen molar-refractivity contribution in [2.45, 2.75) is 75.7 Å². The predicted molar refractivity (Wildman–Crippen MR) is 204 cm³/mol. The molecule has 1 fully saturated rings. The number of carbonyl (C=O) groups is 1. The summed E-state index contributed by atoms with van der Waals surface area (Å²) < 4.78 is 64.6. The molecule has 5 rings (SSSR count). The molecule has 0 N–H and O–H groups in total. The lowest BCUT2D eigenvalue weighted by molar-refractivity contribution is -0.146. The number of nitrogens with zero attached hydrogens (tertiary/aromatic N) is 2. The van der Waals surface area contributed by atoms with Crippen LogP contribution in [-0.4, -0.2) is 98.2 Å². The van der Waals surface area contributed by atoms with Gasteiger partial charge in [0, 0.05) is 45.9 Å². The summed E-state index contributed by atoms with van der Waals surface area (Å²) in [5, 5.41) is 0. The molecule has 2 aliphatic heterocycles. The van der Waals surface area contributed by atoms with E-state index in [4.69, 9.17) is 28.4 Å². The van der Waals surface area contributed by atoms with Gasteiger partial charge in [0.15, 0.2) is 0 Å². The van der Waals surface area contributed by atoms with Crippen molar-refractivity contribution < 1.29 is 41.6 Å². The first-order valence-corrected chi connectivity index (χ1v) is 20.1. The zero-order chi connectivity index (χ0) is 37.8. The van der Waals surface area contributed by atoms with Gasteiger partial charge in [-0.1, -0.05) is 55.0 Å². The van der Waals surface area contributed by atoms with Crippen molar-refractivity contribution in [2.24, 2.45) is 5.92 Å². The van der Waals surface area contributed by atoms with Crippen LogP contribution in [-0.2, 0) is 51.7 Å². The Morgan fingerprint density at radius 1 is 0.925 bits per heavy atom. The Morgan fingerprint density at radius 3 is 2.36 bits per heavy atom. The number of piperidine rings is 1. The fraction of sp³-hybridized carbons (Fsp3) is 0.537. The number of hydrogen-bond acceptors (Lipinski definition) is 10. The first-order chi connectivity index (χ1) is 25.7. The van der Waals surface area contributed by atoms with Crippen LogP contribution in [0.25, 0.3) is 0 Å². The van der Waals surface area contributed by atoms with E-state index in [0.717, 1.165) is 53.2 Å². The molecular weight excluding hydrogens is 697 g/mol. The zero-order valence-corrected chi connectivity index (χ0v) is 32.6. The van der Waals surface area contributed by atoms with Crippen molar-refractivity contribution in [1.82, 2.24) is 4.31 Å². The second kappa shape index (κ2) is 19.7. The van der Waals surface area contributed by atoms with E-state index < -0.39 is 28.1 Å². The minimum Gasteiger partial charge on any atom is -0.490 e. The van der Waals surface area contributed by atoms with E-state index >= 15 is 0 Å². The molecule has 12 heteroatoms. The Morgan fingerprint density at radius 2 is 1.66 bits per heavy atom. The first kappa shape index (κ1) is 40.7. The van der Waals surface area contributed by atoms with Crippen LogP contribution in [0.1, 0.15) is 60.8 Å². The van der Waals surface area contributed by atoms with E-state index in [2.05, 4.69) is 35.2 Å². The number of esters is 1. The summed E-state index contributed by atoms with van der Waals surface area (Å²) in [6.45, 7) is 8.71. The average Bonchev–Trinajstić information content (AvgIpc) is 3.18. The SMILES string of the molecule is CCC(C[C@@H]1C[C@H](c2ccc(COCCOC)cc2)[C@@H](OCc2ccc3c(c2)N(CCCOC)CCO3)CN1S(=O)(=O)c1ccc(C)cc1)C(=O)OC. The topological polar surface area (TPSA) is 113 Å². The smallest absolute Gasteiger partial charge is 0.308 e. The van der Waals surface area contributed by atoms with Crippen molar-refractivity contribution >= 4 is 21.7 Å². The molecule has 4 atom stereocenters. The normalized spacial score (nSPS) is 19.7. The number of benzene rings is 3. The molecule has 290 valence electrons. The number of hydrogen-bond donors (Lipinski definition) is 0. The summed E-state index contributed by atoms with van der Waals surface area (Å²) in [5.41, 5.74) is 5.04. The lowest BCUT2D eigenvalue weighted by Gasteiger charge is -2.44. The number of rotatable bonds is 19. The van der Waals surface area contributed by atoms with E-state index in [1.807, 2.05) is 38.1 Å². The van der Waals surface area contributed by atoms with Crippen LogP contribution in [0.5, 0.6) is 5.75 Å². The number of methoxy groups -OCH3 is 3. The van der Waals surface area contributed by atoms with Gasteiger partial charge in [-0.25, -0.2) is 8.42 Å². The van der Waals surface area contributed by atoms with Gasteiger partial charge >= 0.3 is 5.97 Å². The maximum absolute atomic E-state index is 14.5. The summed E-state index contributed by atoms with van der Waals surface area (Å²) in [6.07, 6.45) is 1.78. The highest BCUT2D eigenvalue weighted by atomic mass is 32.2. The van der Waals surface area contributed by atoms with Crippen LogP contribution < -0.4 is 9.64 Å². The molecular formula is C41H56N2O9S. The molecule has 0 bridgehead atoms. The molecule has 1 saturated heterocycles. The van der Waals surface area contributed by atoms with Crippen LogP contribution >= 0.6 is 0 Å². The minimum absolute atomic E-state index is 0.127. The molecule has 0 saturated carbocycles. The summed E-state index contributed by atoms with van der Waals surface area (Å²) in [6, 6.07) is 20.9. The third-order valence-corrected chi connectivity index (χ3v) is 12.2. The molecule has 53 heavy (non-hydrogen) atoms. The number of anilines is 1. The molecule has 0 aliphatic carbocycles. The first-order valence-electron chi connectivity index (χ1n) is 18.6. The van der Waals surface area contributed by atoms with Gasteiger partial charge in [0.1, 0.15) is 12.4 Å². The molecule has 3 aromatic carbocycles. The molecule has 0 aromatic heterocycles. The van der Waals surface area contributed by atoms with E-state index in [1.54, 1.807) is 30.7 Å². The third-order valence-electron chi connectivity index (χ3n) is 10.3. The highest BCUT2D eigenvalue weighted by molar-refractivity contribution is 7.89. The van der Waals surface area contributed by atoms with Crippen molar-refractivity contribution in [3.05, 3.63) is 89.0 Å². The summed E-state index contributed by atoms with van der Waals surface area (Å²) >= 11 is 0. The van der Waals surface area contributed by atoms with Gasteiger partial charge < -0.3 is 33.3 Å². The maximum atomic E-state index is 14.5. The molecule has 1 unspecified atom stereocenters. The van der Waals surface area contributed by atoms with Gasteiger partial charge in [-0.15, -0.1) is 0 Å². The van der Waals surface area contributed by atoms with Gasteiger partial charge in [-0.05, 0) is 73.6 Å². The molecule has 0 spiro atoms. The Balaban J connectivity index is 1.46. The van der Waals surface area contributed by atoms with E-state index in [9.17, 15) is 13.2 Å². The molecule has 0 amide bonds. The molecule has 2 heterocycles. The number of carbonyl (C=O) groups excluding carboxylic acids is 1. The van der Waals surface area contributed by atoms with E-state index in [1.165, 1.54) is 7.11 Å². The Kier molecular flexibility index (Phi) is 15.1. The van der Waals surface area contributed by atoms with Crippen LogP contribution in [0, 0.1) is 12.8 Å². The monoisotopic (exact) mass is 752 g/mol. The third kappa shape index (κ3) is 10.6. The number of ether oxygens (including phenoxy) is 6. The fourth-order valence-electron chi connectivity index (χ4n) is 7.25. The van der Waals surface area contributed by atoms with Gasteiger partial charge in [-0.3, -0.25) is 4.79 Å². The van der Waals surface area contributed by atoms with Crippen molar-refractivity contribution in [2.75, 3.05) is 72.3 Å². The average molecular weight is 753 g/mol. The highest BCUT2D eigenvalue weighted by Gasteiger charge is 2.44. The molecule has 0 radical (unpaired) electrons. The minimum atomic E-state index is -3.95. The molecule has 3 aromatic rings. The Bertz CT molecular complexity index is 1700. The summed E-state index contributed by atoms with van der Waals surface area (Å²) in [4.78, 5) is 15.4. The number of sulfonamides is 1. The largest absolute Gasteiger partial charge is 0.490 e. The highest BCUT2D eigenvalue weighted by Crippen LogP contribution is 2.40. The molecule has 11 nitrogen and oxygen atoms in total. The van der Waals surface area contributed by atoms with Crippen LogP contribution in [0.3, 0.4) is 0 Å². The Labute approximate surface area is 315 Å². The maximum Gasteiger partial charge on any atom is 0.308 e. The van der Waals surface area contributed by atoms with Gasteiger partial charge in [0.2, 0.25) is 10.0 Å². The van der Waals surface area contributed by atoms with Crippen molar-refractivity contribution in [1.29, 1.82) is 0 Å². The molecule has 2 aliphatic rings. The van der Waals surface area contributed by atoms with E-state index in [-0.39, 0.29) is 29.9 Å². The quantitative estimate of drug-likeness (QED) is 0.105. The lowest BCUT2D eigenvalue weighted by Crippen LogP contribution is -2.53. The lowest BCUT2D eigenvalue weighted by atomic mass is 9.81. The number of aryl methyl sites for hydroxylation is 1. The Hall–Kier alpha value is -3.52. The van der Waals surface area contributed by atoms with E-state index in [0.29, 0.717) is 52.3 Å². The predicted octanol–water partition coefficient (Wildman–Crippen LogP) is 6.11. The summed E-state index contributed by atoms with van der Waals surface area (Å²) in [7, 11) is 0.794. The summed E-state index contributed by atoms with van der Waals surface area (Å²) in [5.74, 6) is -0.0845. The van der Waals surface area contributed by atoms with Crippen LogP contribution in [0.4, 0.5) is 5.69 Å². The zero-order valence-electron chi connectivity index (χ0n) is 31.8.